The van der Waals surface area contributed by atoms with E-state index in [1.807, 2.05) is 44.3 Å². The number of rotatable bonds is 8. The van der Waals surface area contributed by atoms with E-state index < -0.39 is 29.0 Å². The van der Waals surface area contributed by atoms with Gasteiger partial charge in [0.1, 0.15) is 6.04 Å². The van der Waals surface area contributed by atoms with E-state index in [0.29, 0.717) is 39.1 Å². The standard InChI is InChI=1S/C31H42N4O4/c1-21-12-14-24(15-13-21)25-18-34(5)29(38)31(25)16-9-17-35(20-31)27(36)26(33-28(37)30(3,4)32)22(2)39-19-23-10-7-6-8-11-23/h6-8,10-15,22,25-26H,9,16-20,32H2,1-5H3,(H,33,37)/t22?,25?,26-,31?/m1/s1. The maximum atomic E-state index is 14.1. The molecule has 0 aromatic heterocycles. The van der Waals surface area contributed by atoms with Crippen LogP contribution in [0.15, 0.2) is 54.6 Å². The van der Waals surface area contributed by atoms with Gasteiger partial charge in [-0.2, -0.15) is 0 Å². The van der Waals surface area contributed by atoms with Crippen molar-refractivity contribution in [1.82, 2.24) is 15.1 Å². The zero-order chi connectivity index (χ0) is 28.4. The normalized spacial score (nSPS) is 23.1. The molecule has 3 amide bonds. The number of benzene rings is 2. The molecule has 0 aliphatic carbocycles. The number of amides is 3. The summed E-state index contributed by atoms with van der Waals surface area (Å²) in [5.74, 6) is -0.634. The molecule has 3 N–H and O–H groups in total. The maximum absolute atomic E-state index is 14.1. The number of carbonyl (C=O) groups excluding carboxylic acids is 3. The van der Waals surface area contributed by atoms with Gasteiger partial charge in [-0.25, -0.2) is 0 Å². The Morgan fingerprint density at radius 1 is 1.15 bits per heavy atom. The Labute approximate surface area is 231 Å². The van der Waals surface area contributed by atoms with Gasteiger partial charge in [0.15, 0.2) is 0 Å². The summed E-state index contributed by atoms with van der Waals surface area (Å²) in [6, 6.07) is 17.1. The predicted molar refractivity (Wildman–Crippen MR) is 151 cm³/mol. The summed E-state index contributed by atoms with van der Waals surface area (Å²) in [5.41, 5.74) is 7.45. The van der Waals surface area contributed by atoms with Crippen molar-refractivity contribution in [3.8, 4) is 0 Å². The number of likely N-dealkylation sites (N-methyl/N-ethyl adjacent to an activating group) is 1. The van der Waals surface area contributed by atoms with Crippen LogP contribution in [-0.2, 0) is 25.7 Å². The SMILES string of the molecule is Cc1ccc(C2CN(C)C(=O)C23CCCN(C(=O)[C@H](NC(=O)C(C)(C)N)C(C)OCc2ccccc2)C3)cc1. The van der Waals surface area contributed by atoms with Crippen LogP contribution in [-0.4, -0.2) is 71.9 Å². The molecule has 1 spiro atoms. The molecule has 2 aromatic rings. The lowest BCUT2D eigenvalue weighted by Crippen LogP contribution is -2.62. The highest BCUT2D eigenvalue weighted by Crippen LogP contribution is 2.49. The lowest BCUT2D eigenvalue weighted by Gasteiger charge is -2.43. The second-order valence-electron chi connectivity index (χ2n) is 11.8. The molecule has 4 rings (SSSR count). The highest BCUT2D eigenvalue weighted by molar-refractivity contribution is 5.93. The van der Waals surface area contributed by atoms with Crippen LogP contribution < -0.4 is 11.1 Å². The zero-order valence-electron chi connectivity index (χ0n) is 23.8. The smallest absolute Gasteiger partial charge is 0.247 e. The Morgan fingerprint density at radius 3 is 2.46 bits per heavy atom. The van der Waals surface area contributed by atoms with Gasteiger partial charge >= 0.3 is 0 Å². The van der Waals surface area contributed by atoms with E-state index >= 15 is 0 Å². The van der Waals surface area contributed by atoms with Crippen LogP contribution in [0.25, 0.3) is 0 Å². The predicted octanol–water partition coefficient (Wildman–Crippen LogP) is 2.99. The van der Waals surface area contributed by atoms with Gasteiger partial charge < -0.3 is 25.6 Å². The Hall–Kier alpha value is -3.23. The molecule has 2 aliphatic heterocycles. The number of hydrogen-bond acceptors (Lipinski definition) is 5. The molecular weight excluding hydrogens is 492 g/mol. The average molecular weight is 535 g/mol. The molecule has 2 saturated heterocycles. The highest BCUT2D eigenvalue weighted by atomic mass is 16.5. The monoisotopic (exact) mass is 534 g/mol. The van der Waals surface area contributed by atoms with Crippen LogP contribution in [0.3, 0.4) is 0 Å². The van der Waals surface area contributed by atoms with E-state index in [9.17, 15) is 14.4 Å². The van der Waals surface area contributed by atoms with Crippen molar-refractivity contribution in [3.05, 3.63) is 71.3 Å². The molecule has 2 aliphatic rings. The van der Waals surface area contributed by atoms with Crippen molar-refractivity contribution in [3.63, 3.8) is 0 Å². The number of nitrogens with one attached hydrogen (secondary N) is 1. The Kier molecular flexibility index (Phi) is 8.47. The molecule has 2 fully saturated rings. The van der Waals surface area contributed by atoms with Gasteiger partial charge in [0.25, 0.3) is 0 Å². The van der Waals surface area contributed by atoms with Crippen LogP contribution in [0, 0.1) is 12.3 Å². The van der Waals surface area contributed by atoms with Gasteiger partial charge in [0.2, 0.25) is 17.7 Å². The first-order valence-corrected chi connectivity index (χ1v) is 13.8. The average Bonchev–Trinajstić information content (AvgIpc) is 3.15. The summed E-state index contributed by atoms with van der Waals surface area (Å²) < 4.78 is 6.09. The third-order valence-electron chi connectivity index (χ3n) is 8.17. The number of ether oxygens (including phenoxy) is 1. The first-order chi connectivity index (χ1) is 18.4. The van der Waals surface area contributed by atoms with Crippen LogP contribution >= 0.6 is 0 Å². The van der Waals surface area contributed by atoms with Crippen molar-refractivity contribution in [2.75, 3.05) is 26.7 Å². The van der Waals surface area contributed by atoms with E-state index in [0.717, 1.165) is 16.7 Å². The fraction of sp³-hybridized carbons (Fsp3) is 0.516. The first kappa shape index (κ1) is 28.8. The minimum atomic E-state index is -1.17. The van der Waals surface area contributed by atoms with Crippen molar-refractivity contribution in [1.29, 1.82) is 0 Å². The summed E-state index contributed by atoms with van der Waals surface area (Å²) in [6.07, 6.45) is 0.804. The van der Waals surface area contributed by atoms with Crippen molar-refractivity contribution < 1.29 is 19.1 Å². The number of carbonyl (C=O) groups is 3. The van der Waals surface area contributed by atoms with Crippen molar-refractivity contribution in [2.24, 2.45) is 11.1 Å². The highest BCUT2D eigenvalue weighted by Gasteiger charge is 2.56. The maximum Gasteiger partial charge on any atom is 0.247 e. The Bertz CT molecular complexity index is 1180. The lowest BCUT2D eigenvalue weighted by atomic mass is 9.69. The van der Waals surface area contributed by atoms with E-state index in [4.69, 9.17) is 10.5 Å². The van der Waals surface area contributed by atoms with E-state index in [1.54, 1.807) is 30.6 Å². The fourth-order valence-corrected chi connectivity index (χ4v) is 5.82. The third-order valence-corrected chi connectivity index (χ3v) is 8.17. The first-order valence-electron chi connectivity index (χ1n) is 13.8. The van der Waals surface area contributed by atoms with Crippen molar-refractivity contribution >= 4 is 17.7 Å². The minimum absolute atomic E-state index is 0.0195. The Balaban J connectivity index is 1.59. The number of nitrogens with zero attached hydrogens (tertiary/aromatic N) is 2. The van der Waals surface area contributed by atoms with E-state index in [-0.39, 0.29) is 17.7 Å². The fourth-order valence-electron chi connectivity index (χ4n) is 5.82. The van der Waals surface area contributed by atoms with Crippen LogP contribution in [0.4, 0.5) is 0 Å². The topological polar surface area (TPSA) is 105 Å². The number of aryl methyl sites for hydroxylation is 1. The third kappa shape index (κ3) is 6.17. The molecule has 0 bridgehead atoms. The van der Waals surface area contributed by atoms with E-state index in [1.165, 1.54) is 0 Å². The number of hydrogen-bond donors (Lipinski definition) is 2. The molecule has 8 heteroatoms. The van der Waals surface area contributed by atoms with Gasteiger partial charge in [-0.15, -0.1) is 0 Å². The second kappa shape index (κ2) is 11.5. The van der Waals surface area contributed by atoms with Crippen LogP contribution in [0.2, 0.25) is 0 Å². The summed E-state index contributed by atoms with van der Waals surface area (Å²) in [6.45, 7) is 8.78. The van der Waals surface area contributed by atoms with Gasteiger partial charge in [0.05, 0.1) is 23.7 Å². The van der Waals surface area contributed by atoms with Gasteiger partial charge in [0, 0.05) is 32.6 Å². The molecule has 210 valence electrons. The van der Waals surface area contributed by atoms with Gasteiger partial charge in [-0.05, 0) is 51.7 Å². The molecule has 4 atom stereocenters. The molecule has 39 heavy (non-hydrogen) atoms. The Morgan fingerprint density at radius 2 is 1.82 bits per heavy atom. The zero-order valence-corrected chi connectivity index (χ0v) is 23.8. The number of likely N-dealkylation sites (tertiary alicyclic amines) is 2. The molecule has 3 unspecified atom stereocenters. The summed E-state index contributed by atoms with van der Waals surface area (Å²) in [7, 11) is 1.84. The molecule has 0 saturated carbocycles. The molecule has 0 radical (unpaired) electrons. The number of piperidine rings is 1. The summed E-state index contributed by atoms with van der Waals surface area (Å²) in [4.78, 5) is 44.2. The van der Waals surface area contributed by atoms with Gasteiger partial charge in [-0.1, -0.05) is 60.2 Å². The second-order valence-corrected chi connectivity index (χ2v) is 11.8. The summed E-state index contributed by atoms with van der Waals surface area (Å²) >= 11 is 0. The molecule has 2 aromatic carbocycles. The van der Waals surface area contributed by atoms with Crippen LogP contribution in [0.1, 0.15) is 56.2 Å². The number of nitrogens with two attached hydrogens (primary N) is 1. The summed E-state index contributed by atoms with van der Waals surface area (Å²) in [5, 5.41) is 2.86. The quantitative estimate of drug-likeness (QED) is 0.542. The largest absolute Gasteiger partial charge is 0.371 e. The molecular formula is C31H42N4O4. The van der Waals surface area contributed by atoms with Crippen LogP contribution in [0.5, 0.6) is 0 Å². The van der Waals surface area contributed by atoms with Gasteiger partial charge in [-0.3, -0.25) is 14.4 Å². The lowest BCUT2D eigenvalue weighted by molar-refractivity contribution is -0.148. The molecule has 2 heterocycles. The van der Waals surface area contributed by atoms with Crippen molar-refractivity contribution in [2.45, 2.75) is 70.7 Å². The van der Waals surface area contributed by atoms with E-state index in [2.05, 4.69) is 29.6 Å². The minimum Gasteiger partial charge on any atom is -0.371 e. The molecule has 8 nitrogen and oxygen atoms in total.